The Bertz CT molecular complexity index is 451. The molecule has 0 amide bonds. The molecule has 3 rings (SSSR count). The summed E-state index contributed by atoms with van der Waals surface area (Å²) in [6.45, 7) is 0. The topological polar surface area (TPSA) is 12.0 Å². The molecular formula is C14H19NS2. The van der Waals surface area contributed by atoms with Gasteiger partial charge >= 0.3 is 0 Å². The van der Waals surface area contributed by atoms with Crippen LogP contribution in [0, 0.1) is 5.92 Å². The molecule has 0 saturated heterocycles. The first-order valence-corrected chi connectivity index (χ1v) is 8.20. The van der Waals surface area contributed by atoms with Crippen molar-refractivity contribution in [3.8, 4) is 0 Å². The molecule has 92 valence electrons. The van der Waals surface area contributed by atoms with Gasteiger partial charge in [-0.1, -0.05) is 25.7 Å². The average molecular weight is 265 g/mol. The highest BCUT2D eigenvalue weighted by Gasteiger charge is 2.21. The van der Waals surface area contributed by atoms with E-state index in [1.54, 1.807) is 0 Å². The largest absolute Gasteiger partial charge is 0.312 e. The van der Waals surface area contributed by atoms with Gasteiger partial charge in [-0.25, -0.2) is 0 Å². The van der Waals surface area contributed by atoms with Gasteiger partial charge in [-0.2, -0.15) is 0 Å². The van der Waals surface area contributed by atoms with Gasteiger partial charge in [0.15, 0.2) is 0 Å². The van der Waals surface area contributed by atoms with Gasteiger partial charge < -0.3 is 5.32 Å². The van der Waals surface area contributed by atoms with Crippen LogP contribution in [0.3, 0.4) is 0 Å². The fraction of sp³-hybridized carbons (Fsp3) is 0.571. The first kappa shape index (κ1) is 11.7. The normalized spacial score (nSPS) is 19.1. The molecule has 0 aromatic carbocycles. The van der Waals surface area contributed by atoms with Gasteiger partial charge in [0.1, 0.15) is 0 Å². The molecule has 1 aliphatic carbocycles. The van der Waals surface area contributed by atoms with E-state index >= 15 is 0 Å². The fourth-order valence-electron chi connectivity index (χ4n) is 2.91. The summed E-state index contributed by atoms with van der Waals surface area (Å²) in [5, 5.41) is 5.70. The number of hydrogen-bond donors (Lipinski definition) is 1. The monoisotopic (exact) mass is 265 g/mol. The van der Waals surface area contributed by atoms with Crippen molar-refractivity contribution in [3.05, 3.63) is 22.4 Å². The lowest BCUT2D eigenvalue weighted by Gasteiger charge is -2.18. The Morgan fingerprint density at radius 1 is 1.35 bits per heavy atom. The Hall–Kier alpha value is -0.380. The molecule has 1 fully saturated rings. The van der Waals surface area contributed by atoms with Crippen LogP contribution in [-0.4, -0.2) is 7.05 Å². The lowest BCUT2D eigenvalue weighted by atomic mass is 9.97. The van der Waals surface area contributed by atoms with Gasteiger partial charge in [-0.3, -0.25) is 0 Å². The molecule has 2 heterocycles. The minimum atomic E-state index is 0.572. The minimum Gasteiger partial charge on any atom is -0.312 e. The van der Waals surface area contributed by atoms with Crippen LogP contribution in [0.15, 0.2) is 17.5 Å². The molecule has 1 nitrogen and oxygen atoms in total. The summed E-state index contributed by atoms with van der Waals surface area (Å²) in [6.07, 6.45) is 7.10. The molecule has 0 spiro atoms. The summed E-state index contributed by atoms with van der Waals surface area (Å²) in [4.78, 5) is 1.53. The van der Waals surface area contributed by atoms with Crippen LogP contribution in [0.5, 0.6) is 0 Å². The van der Waals surface area contributed by atoms with Crippen molar-refractivity contribution in [2.75, 3.05) is 7.05 Å². The maximum absolute atomic E-state index is 3.51. The Morgan fingerprint density at radius 3 is 2.88 bits per heavy atom. The molecule has 1 aliphatic rings. The lowest BCUT2D eigenvalue weighted by Crippen LogP contribution is -2.17. The molecule has 17 heavy (non-hydrogen) atoms. The zero-order chi connectivity index (χ0) is 11.7. The van der Waals surface area contributed by atoms with Crippen molar-refractivity contribution in [1.29, 1.82) is 0 Å². The van der Waals surface area contributed by atoms with E-state index in [4.69, 9.17) is 0 Å². The first-order valence-electron chi connectivity index (χ1n) is 6.51. The first-order chi connectivity index (χ1) is 8.36. The molecule has 2 aromatic rings. The molecule has 0 bridgehead atoms. The maximum Gasteiger partial charge on any atom is 0.0454 e. The smallest absolute Gasteiger partial charge is 0.0454 e. The van der Waals surface area contributed by atoms with Gasteiger partial charge in [0.2, 0.25) is 0 Å². The molecule has 2 aromatic heterocycles. The number of thiophene rings is 2. The Kier molecular flexibility index (Phi) is 3.50. The van der Waals surface area contributed by atoms with Crippen LogP contribution in [0.4, 0.5) is 0 Å². The molecule has 1 unspecified atom stereocenters. The highest BCUT2D eigenvalue weighted by molar-refractivity contribution is 7.26. The Balaban J connectivity index is 1.77. The second-order valence-electron chi connectivity index (χ2n) is 5.03. The van der Waals surface area contributed by atoms with Gasteiger partial charge in [0, 0.05) is 20.3 Å². The van der Waals surface area contributed by atoms with E-state index in [2.05, 4.69) is 29.9 Å². The van der Waals surface area contributed by atoms with Gasteiger partial charge in [0.25, 0.3) is 0 Å². The van der Waals surface area contributed by atoms with Gasteiger partial charge in [-0.15, -0.1) is 22.7 Å². The predicted molar refractivity (Wildman–Crippen MR) is 78.1 cm³/mol. The summed E-state index contributed by atoms with van der Waals surface area (Å²) in [5.74, 6) is 0.951. The summed E-state index contributed by atoms with van der Waals surface area (Å²) >= 11 is 3.83. The molecule has 1 atom stereocenters. The molecule has 3 heteroatoms. The summed E-state index contributed by atoms with van der Waals surface area (Å²) in [7, 11) is 2.10. The number of nitrogens with one attached hydrogen (secondary N) is 1. The van der Waals surface area contributed by atoms with Crippen LogP contribution < -0.4 is 5.32 Å². The Labute approximate surface area is 111 Å². The highest BCUT2D eigenvalue weighted by Crippen LogP contribution is 2.38. The van der Waals surface area contributed by atoms with Crippen molar-refractivity contribution in [3.63, 3.8) is 0 Å². The van der Waals surface area contributed by atoms with Crippen LogP contribution in [0.1, 0.15) is 43.0 Å². The van der Waals surface area contributed by atoms with E-state index in [1.165, 1.54) is 46.4 Å². The number of rotatable bonds is 4. The van der Waals surface area contributed by atoms with E-state index < -0.39 is 0 Å². The van der Waals surface area contributed by atoms with Crippen LogP contribution in [-0.2, 0) is 0 Å². The number of hydrogen-bond acceptors (Lipinski definition) is 3. The van der Waals surface area contributed by atoms with Gasteiger partial charge in [-0.05, 0) is 36.9 Å². The van der Waals surface area contributed by atoms with E-state index in [0.29, 0.717) is 6.04 Å². The third kappa shape index (κ3) is 2.42. The van der Waals surface area contributed by atoms with Crippen LogP contribution >= 0.6 is 22.7 Å². The summed E-state index contributed by atoms with van der Waals surface area (Å²) in [5.41, 5.74) is 0. The fourth-order valence-corrected chi connectivity index (χ4v) is 5.15. The lowest BCUT2D eigenvalue weighted by molar-refractivity contribution is 0.417. The van der Waals surface area contributed by atoms with Crippen molar-refractivity contribution in [2.24, 2.45) is 5.92 Å². The molecule has 1 saturated carbocycles. The second kappa shape index (κ2) is 5.09. The summed E-state index contributed by atoms with van der Waals surface area (Å²) < 4.78 is 2.91. The van der Waals surface area contributed by atoms with Crippen molar-refractivity contribution in [2.45, 2.75) is 38.1 Å². The van der Waals surface area contributed by atoms with Crippen molar-refractivity contribution in [1.82, 2.24) is 5.32 Å². The van der Waals surface area contributed by atoms with Crippen molar-refractivity contribution < 1.29 is 0 Å². The predicted octanol–water partition coefficient (Wildman–Crippen LogP) is 4.80. The number of fused-ring (bicyclic) bond motifs is 1. The van der Waals surface area contributed by atoms with E-state index in [9.17, 15) is 0 Å². The third-order valence-corrected chi connectivity index (χ3v) is 6.10. The quantitative estimate of drug-likeness (QED) is 0.837. The molecular weight excluding hydrogens is 246 g/mol. The van der Waals surface area contributed by atoms with Crippen LogP contribution in [0.2, 0.25) is 0 Å². The zero-order valence-corrected chi connectivity index (χ0v) is 11.9. The second-order valence-corrected chi connectivity index (χ2v) is 7.09. The van der Waals surface area contributed by atoms with E-state index in [0.717, 1.165) is 5.92 Å². The molecule has 0 radical (unpaired) electrons. The SMILES string of the molecule is CNC(CC1CCCC1)c1cc2sccc2s1. The minimum absolute atomic E-state index is 0.572. The third-order valence-electron chi connectivity index (χ3n) is 3.89. The Morgan fingerprint density at radius 2 is 2.18 bits per heavy atom. The zero-order valence-electron chi connectivity index (χ0n) is 10.2. The van der Waals surface area contributed by atoms with Crippen LogP contribution in [0.25, 0.3) is 9.40 Å². The maximum atomic E-state index is 3.51. The standard InChI is InChI=1S/C14H19NS2/c1-15-11(8-10-4-2-3-5-10)13-9-14-12(17-13)6-7-16-14/h6-7,9-11,15H,2-5,8H2,1H3. The van der Waals surface area contributed by atoms with Crippen molar-refractivity contribution >= 4 is 32.1 Å². The average Bonchev–Trinajstić information content (AvgIpc) is 3.01. The molecule has 0 aliphatic heterocycles. The van der Waals surface area contributed by atoms with Gasteiger partial charge in [0.05, 0.1) is 0 Å². The highest BCUT2D eigenvalue weighted by atomic mass is 32.1. The van der Waals surface area contributed by atoms with E-state index in [-0.39, 0.29) is 0 Å². The van der Waals surface area contributed by atoms with E-state index in [1.807, 2.05) is 22.7 Å². The molecule has 1 N–H and O–H groups in total. The summed E-state index contributed by atoms with van der Waals surface area (Å²) in [6, 6.07) is 5.21.